The zero-order chi connectivity index (χ0) is 18.4. The first-order valence-corrected chi connectivity index (χ1v) is 10.4. The summed E-state index contributed by atoms with van der Waals surface area (Å²) in [7, 11) is 3.33. The highest BCUT2D eigenvalue weighted by molar-refractivity contribution is 9.10. The maximum atomic E-state index is 5.43. The summed E-state index contributed by atoms with van der Waals surface area (Å²) in [6, 6.07) is 9.94. The van der Waals surface area contributed by atoms with Gasteiger partial charge in [0.1, 0.15) is 5.75 Å². The number of halogens is 1. The van der Waals surface area contributed by atoms with Crippen LogP contribution in [0.5, 0.6) is 5.75 Å². The van der Waals surface area contributed by atoms with Gasteiger partial charge in [0.2, 0.25) is 4.80 Å². The number of thiazole rings is 1. The highest BCUT2D eigenvalue weighted by Crippen LogP contribution is 2.26. The van der Waals surface area contributed by atoms with Crippen LogP contribution in [0, 0.1) is 0 Å². The van der Waals surface area contributed by atoms with Crippen LogP contribution >= 0.6 is 38.6 Å². The van der Waals surface area contributed by atoms with Crippen LogP contribution in [0.1, 0.15) is 5.56 Å². The third-order valence-corrected chi connectivity index (χ3v) is 5.75. The molecule has 0 atom stereocenters. The molecule has 3 rings (SSSR count). The lowest BCUT2D eigenvalue weighted by Crippen LogP contribution is -2.13. The minimum Gasteiger partial charge on any atom is -0.496 e. The highest BCUT2D eigenvalue weighted by Gasteiger charge is 2.09. The van der Waals surface area contributed by atoms with Gasteiger partial charge < -0.3 is 9.47 Å². The molecular formula is C18H18BrN3O2S2. The molecule has 0 aliphatic rings. The SMILES string of the molecule is COCCN=c1scc(-c2cccs2)n1N=Cc1cc(Br)ccc1OC. The molecule has 8 heteroatoms. The topological polar surface area (TPSA) is 48.1 Å². The third kappa shape index (κ3) is 4.50. The second-order valence-corrected chi connectivity index (χ2v) is 7.90. The van der Waals surface area contributed by atoms with Crippen LogP contribution in [0.2, 0.25) is 0 Å². The summed E-state index contributed by atoms with van der Waals surface area (Å²) >= 11 is 6.74. The average Bonchev–Trinajstić information content (AvgIpc) is 3.30. The van der Waals surface area contributed by atoms with Gasteiger partial charge >= 0.3 is 0 Å². The van der Waals surface area contributed by atoms with Crippen LogP contribution < -0.4 is 9.54 Å². The van der Waals surface area contributed by atoms with E-state index >= 15 is 0 Å². The molecule has 0 saturated carbocycles. The van der Waals surface area contributed by atoms with Crippen molar-refractivity contribution in [2.24, 2.45) is 10.1 Å². The number of aromatic nitrogens is 1. The van der Waals surface area contributed by atoms with Gasteiger partial charge in [0.05, 0.1) is 37.0 Å². The molecule has 1 aromatic carbocycles. The van der Waals surface area contributed by atoms with Crippen LogP contribution in [-0.4, -0.2) is 38.3 Å². The first kappa shape index (κ1) is 19.0. The van der Waals surface area contributed by atoms with Crippen molar-refractivity contribution in [2.45, 2.75) is 0 Å². The second-order valence-electron chi connectivity index (χ2n) is 5.20. The molecule has 0 fully saturated rings. The van der Waals surface area contributed by atoms with Gasteiger partial charge in [0.15, 0.2) is 0 Å². The van der Waals surface area contributed by atoms with Crippen LogP contribution in [0.3, 0.4) is 0 Å². The van der Waals surface area contributed by atoms with Gasteiger partial charge in [-0.15, -0.1) is 22.7 Å². The number of nitrogens with zero attached hydrogens (tertiary/aromatic N) is 3. The maximum Gasteiger partial charge on any atom is 0.206 e. The van der Waals surface area contributed by atoms with Crippen LogP contribution in [0.4, 0.5) is 0 Å². The predicted molar refractivity (Wildman–Crippen MR) is 112 cm³/mol. The normalized spacial score (nSPS) is 12.2. The van der Waals surface area contributed by atoms with E-state index in [0.717, 1.165) is 31.2 Å². The molecule has 0 radical (unpaired) electrons. The second kappa shape index (κ2) is 9.27. The average molecular weight is 452 g/mol. The molecular weight excluding hydrogens is 434 g/mol. The Kier molecular flexibility index (Phi) is 6.79. The van der Waals surface area contributed by atoms with Crippen molar-refractivity contribution >= 4 is 44.8 Å². The lowest BCUT2D eigenvalue weighted by Gasteiger charge is -2.05. The number of rotatable bonds is 7. The molecule has 0 aliphatic heterocycles. The Hall–Kier alpha value is -1.74. The Morgan fingerprint density at radius 3 is 2.85 bits per heavy atom. The highest BCUT2D eigenvalue weighted by atomic mass is 79.9. The smallest absolute Gasteiger partial charge is 0.206 e. The fraction of sp³-hybridized carbons (Fsp3) is 0.222. The monoisotopic (exact) mass is 451 g/mol. The summed E-state index contributed by atoms with van der Waals surface area (Å²) < 4.78 is 13.4. The lowest BCUT2D eigenvalue weighted by atomic mass is 10.2. The molecule has 0 aliphatic carbocycles. The van der Waals surface area contributed by atoms with Crippen LogP contribution in [0.25, 0.3) is 10.6 Å². The Morgan fingerprint density at radius 1 is 1.23 bits per heavy atom. The molecule has 0 unspecified atom stereocenters. The fourth-order valence-electron chi connectivity index (χ4n) is 2.27. The van der Waals surface area contributed by atoms with E-state index in [1.807, 2.05) is 28.9 Å². The Labute approximate surface area is 168 Å². The number of thiophene rings is 1. The number of benzene rings is 1. The molecule has 0 bridgehead atoms. The molecule has 0 saturated heterocycles. The van der Waals surface area contributed by atoms with Crippen molar-refractivity contribution in [3.05, 3.63) is 55.9 Å². The number of hydrogen-bond acceptors (Lipinski definition) is 6. The predicted octanol–water partition coefficient (Wildman–Crippen LogP) is 4.48. The van der Waals surface area contributed by atoms with Gasteiger partial charge in [-0.1, -0.05) is 22.0 Å². The zero-order valence-corrected chi connectivity index (χ0v) is 17.6. The van der Waals surface area contributed by atoms with Gasteiger partial charge in [-0.3, -0.25) is 4.99 Å². The van der Waals surface area contributed by atoms with E-state index in [2.05, 4.69) is 37.7 Å². The lowest BCUT2D eigenvalue weighted by molar-refractivity contribution is 0.207. The summed E-state index contributed by atoms with van der Waals surface area (Å²) in [6.07, 6.45) is 1.79. The van der Waals surface area contributed by atoms with Crippen molar-refractivity contribution in [1.29, 1.82) is 0 Å². The number of methoxy groups -OCH3 is 2. The van der Waals surface area contributed by atoms with Gasteiger partial charge in [-0.05, 0) is 29.6 Å². The summed E-state index contributed by atoms with van der Waals surface area (Å²) in [5.74, 6) is 0.767. The molecule has 26 heavy (non-hydrogen) atoms. The summed E-state index contributed by atoms with van der Waals surface area (Å²) in [4.78, 5) is 6.58. The van der Waals surface area contributed by atoms with Crippen molar-refractivity contribution < 1.29 is 9.47 Å². The Balaban J connectivity index is 2.04. The van der Waals surface area contributed by atoms with E-state index in [1.165, 1.54) is 0 Å². The molecule has 136 valence electrons. The zero-order valence-electron chi connectivity index (χ0n) is 14.4. The molecule has 2 heterocycles. The minimum absolute atomic E-state index is 0.579. The molecule has 0 spiro atoms. The van der Waals surface area contributed by atoms with Crippen molar-refractivity contribution in [2.75, 3.05) is 27.4 Å². The summed E-state index contributed by atoms with van der Waals surface area (Å²) in [5, 5.41) is 8.83. The summed E-state index contributed by atoms with van der Waals surface area (Å²) in [5.41, 5.74) is 1.91. The van der Waals surface area contributed by atoms with E-state index in [4.69, 9.17) is 14.6 Å². The van der Waals surface area contributed by atoms with Crippen molar-refractivity contribution in [1.82, 2.24) is 4.68 Å². The fourth-order valence-corrected chi connectivity index (χ4v) is 4.31. The van der Waals surface area contributed by atoms with Gasteiger partial charge in [0, 0.05) is 22.5 Å². The van der Waals surface area contributed by atoms with Gasteiger partial charge in [-0.25, -0.2) is 4.68 Å². The summed E-state index contributed by atoms with van der Waals surface area (Å²) in [6.45, 7) is 1.17. The van der Waals surface area contributed by atoms with E-state index in [0.29, 0.717) is 13.2 Å². The molecule has 0 N–H and O–H groups in total. The van der Waals surface area contributed by atoms with Crippen molar-refractivity contribution in [3.63, 3.8) is 0 Å². The third-order valence-electron chi connectivity index (χ3n) is 3.51. The molecule has 2 aromatic heterocycles. The number of hydrogen-bond donors (Lipinski definition) is 0. The van der Waals surface area contributed by atoms with E-state index in [-0.39, 0.29) is 0 Å². The van der Waals surface area contributed by atoms with E-state index in [9.17, 15) is 0 Å². The minimum atomic E-state index is 0.579. The number of ether oxygens (including phenoxy) is 2. The maximum absolute atomic E-state index is 5.43. The Morgan fingerprint density at radius 2 is 2.12 bits per heavy atom. The van der Waals surface area contributed by atoms with Crippen molar-refractivity contribution in [3.8, 4) is 16.3 Å². The molecule has 0 amide bonds. The van der Waals surface area contributed by atoms with Crippen LogP contribution in [0.15, 0.2) is 55.7 Å². The Bertz CT molecular complexity index is 946. The van der Waals surface area contributed by atoms with Gasteiger partial charge in [0.25, 0.3) is 0 Å². The first-order chi connectivity index (χ1) is 12.7. The molecule has 5 nitrogen and oxygen atoms in total. The van der Waals surface area contributed by atoms with E-state index in [1.54, 1.807) is 43.1 Å². The van der Waals surface area contributed by atoms with E-state index < -0.39 is 0 Å². The quantitative estimate of drug-likeness (QED) is 0.392. The van der Waals surface area contributed by atoms with Crippen LogP contribution in [-0.2, 0) is 4.74 Å². The first-order valence-electron chi connectivity index (χ1n) is 7.84. The molecule has 3 aromatic rings. The largest absolute Gasteiger partial charge is 0.496 e. The van der Waals surface area contributed by atoms with Gasteiger partial charge in [-0.2, -0.15) is 5.10 Å². The standard InChI is InChI=1S/C18H18BrN3O2S2/c1-23-8-7-20-18-22(15(12-26-18)17-4-3-9-25-17)21-11-13-10-14(19)5-6-16(13)24-2/h3-6,9-12H,7-8H2,1-2H3.